The molecule has 1 heterocycles. The van der Waals surface area contributed by atoms with Crippen LogP contribution >= 0.6 is 0 Å². The quantitative estimate of drug-likeness (QED) is 0.870. The third kappa shape index (κ3) is 3.68. The van der Waals surface area contributed by atoms with Crippen molar-refractivity contribution in [3.8, 4) is 5.75 Å². The summed E-state index contributed by atoms with van der Waals surface area (Å²) in [6.07, 6.45) is 0. The van der Waals surface area contributed by atoms with Gasteiger partial charge in [0, 0.05) is 26.2 Å². The molecule has 1 aromatic carbocycles. The van der Waals surface area contributed by atoms with Gasteiger partial charge in [0.15, 0.2) is 0 Å². The lowest BCUT2D eigenvalue weighted by molar-refractivity contribution is 0.0626. The van der Waals surface area contributed by atoms with Gasteiger partial charge in [0.1, 0.15) is 18.0 Å². The number of aromatic carboxylic acids is 1. The van der Waals surface area contributed by atoms with Crippen molar-refractivity contribution in [1.82, 2.24) is 9.80 Å². The maximum atomic E-state index is 11.1. The van der Waals surface area contributed by atoms with Gasteiger partial charge in [0.25, 0.3) is 0 Å². The Morgan fingerprint density at radius 2 is 1.84 bits per heavy atom. The molecule has 0 spiro atoms. The number of nitrogens with zero attached hydrogens (tertiary/aromatic N) is 2. The molecule has 2 rings (SSSR count). The lowest BCUT2D eigenvalue weighted by Gasteiger charge is -2.33. The Balaban J connectivity index is 1.88. The summed E-state index contributed by atoms with van der Waals surface area (Å²) in [4.78, 5) is 15.6. The zero-order valence-corrected chi connectivity index (χ0v) is 11.2. The van der Waals surface area contributed by atoms with E-state index in [2.05, 4.69) is 16.7 Å². The molecule has 104 valence electrons. The molecule has 5 nitrogen and oxygen atoms in total. The van der Waals surface area contributed by atoms with E-state index in [1.807, 2.05) is 0 Å². The molecular formula is C14H20N2O3. The molecule has 1 aliphatic heterocycles. The monoisotopic (exact) mass is 264 g/mol. The maximum absolute atomic E-state index is 11.1. The number of rotatable bonds is 5. The van der Waals surface area contributed by atoms with Crippen molar-refractivity contribution in [2.24, 2.45) is 0 Å². The zero-order chi connectivity index (χ0) is 13.7. The van der Waals surface area contributed by atoms with Crippen LogP contribution in [0.5, 0.6) is 5.75 Å². The van der Waals surface area contributed by atoms with Gasteiger partial charge in [-0.2, -0.15) is 0 Å². The summed E-state index contributed by atoms with van der Waals surface area (Å²) in [5.74, 6) is -0.515. The second kappa shape index (κ2) is 6.54. The number of carbonyl (C=O) groups is 1. The highest BCUT2D eigenvalue weighted by atomic mass is 16.5. The molecule has 0 amide bonds. The Labute approximate surface area is 113 Å². The molecule has 0 atom stereocenters. The molecule has 0 bridgehead atoms. The van der Waals surface area contributed by atoms with E-state index in [-0.39, 0.29) is 5.56 Å². The normalized spacial score (nSPS) is 17.3. The van der Waals surface area contributed by atoms with Gasteiger partial charge in [-0.05, 0) is 18.7 Å². The Kier molecular flexibility index (Phi) is 4.76. The first-order valence-electron chi connectivity index (χ1n) is 6.60. The second-order valence-corrected chi connectivity index (χ2v) is 4.63. The fourth-order valence-corrected chi connectivity index (χ4v) is 2.16. The van der Waals surface area contributed by atoms with Crippen LogP contribution in [0.1, 0.15) is 17.3 Å². The van der Waals surface area contributed by atoms with Crippen molar-refractivity contribution in [2.45, 2.75) is 6.92 Å². The van der Waals surface area contributed by atoms with Gasteiger partial charge in [-0.15, -0.1) is 0 Å². The minimum absolute atomic E-state index is 0.217. The molecular weight excluding hydrogens is 244 g/mol. The highest BCUT2D eigenvalue weighted by molar-refractivity contribution is 5.90. The number of piperazine rings is 1. The molecule has 0 radical (unpaired) electrons. The number of hydrogen-bond acceptors (Lipinski definition) is 4. The van der Waals surface area contributed by atoms with E-state index in [4.69, 9.17) is 9.84 Å². The van der Waals surface area contributed by atoms with Crippen molar-refractivity contribution < 1.29 is 14.6 Å². The smallest absolute Gasteiger partial charge is 0.339 e. The summed E-state index contributed by atoms with van der Waals surface area (Å²) < 4.78 is 5.63. The highest BCUT2D eigenvalue weighted by Gasteiger charge is 2.16. The molecule has 0 unspecified atom stereocenters. The Hall–Kier alpha value is -1.59. The van der Waals surface area contributed by atoms with Crippen LogP contribution in [-0.2, 0) is 0 Å². The molecule has 19 heavy (non-hydrogen) atoms. The van der Waals surface area contributed by atoms with Gasteiger partial charge in [-0.25, -0.2) is 4.79 Å². The van der Waals surface area contributed by atoms with Crippen LogP contribution in [0.15, 0.2) is 24.3 Å². The third-order valence-corrected chi connectivity index (χ3v) is 3.43. The molecule has 1 aliphatic rings. The predicted molar refractivity (Wildman–Crippen MR) is 72.6 cm³/mol. The standard InChI is InChI=1S/C14H20N2O3/c1-2-15-7-9-16(10-8-15)11-19-13-6-4-3-5-12(13)14(17)18/h3-6H,2,7-11H2,1H3,(H,17,18). The molecule has 1 aromatic rings. The number of likely N-dealkylation sites (N-methyl/N-ethyl adjacent to an activating group) is 1. The van der Waals surface area contributed by atoms with E-state index < -0.39 is 5.97 Å². The topological polar surface area (TPSA) is 53.0 Å². The fourth-order valence-electron chi connectivity index (χ4n) is 2.16. The largest absolute Gasteiger partial charge is 0.478 e. The van der Waals surface area contributed by atoms with E-state index >= 15 is 0 Å². The minimum atomic E-state index is -0.952. The molecule has 0 aromatic heterocycles. The van der Waals surface area contributed by atoms with Crippen molar-refractivity contribution in [1.29, 1.82) is 0 Å². The minimum Gasteiger partial charge on any atom is -0.478 e. The number of hydrogen-bond donors (Lipinski definition) is 1. The fraction of sp³-hybridized carbons (Fsp3) is 0.500. The van der Waals surface area contributed by atoms with E-state index in [1.165, 1.54) is 0 Å². The Morgan fingerprint density at radius 3 is 2.47 bits per heavy atom. The van der Waals surface area contributed by atoms with Crippen LogP contribution < -0.4 is 4.74 Å². The number of carboxylic acids is 1. The van der Waals surface area contributed by atoms with Gasteiger partial charge >= 0.3 is 5.97 Å². The van der Waals surface area contributed by atoms with Gasteiger partial charge < -0.3 is 14.7 Å². The molecule has 1 fully saturated rings. The lowest BCUT2D eigenvalue weighted by atomic mass is 10.2. The predicted octanol–water partition coefficient (Wildman–Crippen LogP) is 1.36. The van der Waals surface area contributed by atoms with E-state index in [0.29, 0.717) is 12.5 Å². The van der Waals surface area contributed by atoms with E-state index in [9.17, 15) is 4.79 Å². The van der Waals surface area contributed by atoms with Crippen LogP contribution in [0.25, 0.3) is 0 Å². The first-order chi connectivity index (χ1) is 9.20. The zero-order valence-electron chi connectivity index (χ0n) is 11.2. The van der Waals surface area contributed by atoms with Crippen LogP contribution in [0, 0.1) is 0 Å². The summed E-state index contributed by atoms with van der Waals surface area (Å²) in [5, 5.41) is 9.07. The van der Waals surface area contributed by atoms with E-state index in [0.717, 1.165) is 32.7 Å². The van der Waals surface area contributed by atoms with Crippen molar-refractivity contribution in [2.75, 3.05) is 39.5 Å². The summed E-state index contributed by atoms with van der Waals surface area (Å²) in [7, 11) is 0. The van der Waals surface area contributed by atoms with Crippen LogP contribution in [-0.4, -0.2) is 60.3 Å². The summed E-state index contributed by atoms with van der Waals surface area (Å²) >= 11 is 0. The average Bonchev–Trinajstić information content (AvgIpc) is 2.46. The van der Waals surface area contributed by atoms with Crippen molar-refractivity contribution >= 4 is 5.97 Å². The molecule has 0 saturated carbocycles. The molecule has 5 heteroatoms. The first-order valence-corrected chi connectivity index (χ1v) is 6.60. The van der Waals surface area contributed by atoms with E-state index in [1.54, 1.807) is 24.3 Å². The van der Waals surface area contributed by atoms with Crippen molar-refractivity contribution in [3.05, 3.63) is 29.8 Å². The Bertz CT molecular complexity index is 428. The summed E-state index contributed by atoms with van der Waals surface area (Å²) in [6, 6.07) is 6.76. The maximum Gasteiger partial charge on any atom is 0.339 e. The number of para-hydroxylation sites is 1. The van der Waals surface area contributed by atoms with Gasteiger partial charge in [-0.3, -0.25) is 4.90 Å². The second-order valence-electron chi connectivity index (χ2n) is 4.63. The number of ether oxygens (including phenoxy) is 1. The molecule has 1 N–H and O–H groups in total. The first kappa shape index (κ1) is 13.8. The average molecular weight is 264 g/mol. The Morgan fingerprint density at radius 1 is 1.21 bits per heavy atom. The summed E-state index contributed by atoms with van der Waals surface area (Å²) in [6.45, 7) is 7.70. The lowest BCUT2D eigenvalue weighted by Crippen LogP contribution is -2.47. The molecule has 1 saturated heterocycles. The van der Waals surface area contributed by atoms with Gasteiger partial charge in [-0.1, -0.05) is 19.1 Å². The highest BCUT2D eigenvalue weighted by Crippen LogP contribution is 2.18. The van der Waals surface area contributed by atoms with Crippen LogP contribution in [0.2, 0.25) is 0 Å². The van der Waals surface area contributed by atoms with Gasteiger partial charge in [0.2, 0.25) is 0 Å². The number of benzene rings is 1. The number of carboxylic acid groups (broad SMARTS) is 1. The van der Waals surface area contributed by atoms with Crippen LogP contribution in [0.4, 0.5) is 0 Å². The summed E-state index contributed by atoms with van der Waals surface area (Å²) in [5.41, 5.74) is 0.217. The molecule has 0 aliphatic carbocycles. The third-order valence-electron chi connectivity index (χ3n) is 3.43. The van der Waals surface area contributed by atoms with Crippen LogP contribution in [0.3, 0.4) is 0 Å². The van der Waals surface area contributed by atoms with Crippen molar-refractivity contribution in [3.63, 3.8) is 0 Å². The SMILES string of the molecule is CCN1CCN(COc2ccccc2C(=O)O)CC1. The van der Waals surface area contributed by atoms with Gasteiger partial charge in [0.05, 0.1) is 0 Å².